The summed E-state index contributed by atoms with van der Waals surface area (Å²) < 4.78 is 0. The van der Waals surface area contributed by atoms with Crippen LogP contribution in [0.15, 0.2) is 24.3 Å². The summed E-state index contributed by atoms with van der Waals surface area (Å²) in [5.41, 5.74) is 1.55. The van der Waals surface area contributed by atoms with Crippen molar-refractivity contribution in [2.24, 2.45) is 0 Å². The highest BCUT2D eigenvalue weighted by Gasteiger charge is 2.08. The lowest BCUT2D eigenvalue weighted by Crippen LogP contribution is -2.36. The van der Waals surface area contributed by atoms with E-state index in [0.717, 1.165) is 17.5 Å². The number of carbonyl (C=O) groups is 2. The predicted molar refractivity (Wildman–Crippen MR) is 85.6 cm³/mol. The highest BCUT2D eigenvalue weighted by Crippen LogP contribution is 2.10. The Kier molecular flexibility index (Phi) is 7.68. The Bertz CT molecular complexity index is 480. The molecule has 5 nitrogen and oxygen atoms in total. The van der Waals surface area contributed by atoms with Crippen molar-refractivity contribution in [3.8, 4) is 0 Å². The molecule has 0 aliphatic carbocycles. The van der Waals surface area contributed by atoms with Gasteiger partial charge in [0.2, 0.25) is 0 Å². The van der Waals surface area contributed by atoms with E-state index in [9.17, 15) is 9.59 Å². The van der Waals surface area contributed by atoms with Crippen LogP contribution in [0, 0.1) is 0 Å². The third-order valence-corrected chi connectivity index (χ3v) is 4.18. The van der Waals surface area contributed by atoms with Crippen molar-refractivity contribution in [3.05, 3.63) is 35.4 Å². The molecule has 1 rings (SSSR count). The summed E-state index contributed by atoms with van der Waals surface area (Å²) >= 11 is 1.77. The van der Waals surface area contributed by atoms with Gasteiger partial charge in [-0.1, -0.05) is 31.2 Å². The largest absolute Gasteiger partial charge is 0.481 e. The predicted octanol–water partition coefficient (Wildman–Crippen LogP) is 2.25. The van der Waals surface area contributed by atoms with Crippen LogP contribution in [-0.2, 0) is 17.8 Å². The maximum atomic E-state index is 11.7. The number of aliphatic carboxylic acids is 1. The normalized spacial score (nSPS) is 11.7. The van der Waals surface area contributed by atoms with E-state index in [2.05, 4.69) is 17.6 Å². The molecule has 0 radical (unpaired) electrons. The second kappa shape index (κ2) is 9.28. The highest BCUT2D eigenvalue weighted by molar-refractivity contribution is 7.99. The quantitative estimate of drug-likeness (QED) is 0.688. The first-order valence-electron chi connectivity index (χ1n) is 6.86. The minimum atomic E-state index is -0.877. The molecule has 116 valence electrons. The van der Waals surface area contributed by atoms with E-state index in [4.69, 9.17) is 5.11 Å². The summed E-state index contributed by atoms with van der Waals surface area (Å²) in [5, 5.41) is 14.9. The maximum Gasteiger partial charge on any atom is 0.315 e. The number of rotatable bonds is 8. The molecular formula is C15H22N2O3S. The molecular weight excluding hydrogens is 288 g/mol. The zero-order valence-electron chi connectivity index (χ0n) is 12.4. The second-order valence-electron chi connectivity index (χ2n) is 4.78. The number of carbonyl (C=O) groups excluding carboxylic acids is 1. The SMILES string of the molecule is CSC(C)CCNC(=O)NCc1ccccc1CC(=O)O. The van der Waals surface area contributed by atoms with Gasteiger partial charge in [0.05, 0.1) is 6.42 Å². The number of urea groups is 1. The summed E-state index contributed by atoms with van der Waals surface area (Å²) in [5.74, 6) is -0.877. The smallest absolute Gasteiger partial charge is 0.315 e. The zero-order valence-corrected chi connectivity index (χ0v) is 13.2. The molecule has 0 saturated carbocycles. The van der Waals surface area contributed by atoms with E-state index in [1.807, 2.05) is 18.4 Å². The molecule has 0 bridgehead atoms. The Morgan fingerprint density at radius 2 is 1.90 bits per heavy atom. The van der Waals surface area contributed by atoms with Crippen LogP contribution in [0.2, 0.25) is 0 Å². The molecule has 1 unspecified atom stereocenters. The van der Waals surface area contributed by atoms with E-state index in [1.54, 1.807) is 23.9 Å². The molecule has 0 aliphatic rings. The Morgan fingerprint density at radius 3 is 2.52 bits per heavy atom. The van der Waals surface area contributed by atoms with Crippen molar-refractivity contribution >= 4 is 23.8 Å². The first-order chi connectivity index (χ1) is 10.0. The summed E-state index contributed by atoms with van der Waals surface area (Å²) in [6.07, 6.45) is 2.93. The number of carboxylic acid groups (broad SMARTS) is 1. The van der Waals surface area contributed by atoms with E-state index >= 15 is 0 Å². The van der Waals surface area contributed by atoms with Crippen molar-refractivity contribution in [3.63, 3.8) is 0 Å². The van der Waals surface area contributed by atoms with Crippen molar-refractivity contribution in [1.29, 1.82) is 0 Å². The number of thioether (sulfide) groups is 1. The van der Waals surface area contributed by atoms with Gasteiger partial charge >= 0.3 is 12.0 Å². The molecule has 0 saturated heterocycles. The molecule has 0 heterocycles. The summed E-state index contributed by atoms with van der Waals surface area (Å²) in [6.45, 7) is 3.07. The van der Waals surface area contributed by atoms with Gasteiger partial charge in [-0.2, -0.15) is 11.8 Å². The van der Waals surface area contributed by atoms with Gasteiger partial charge in [-0.15, -0.1) is 0 Å². The van der Waals surface area contributed by atoms with Crippen LogP contribution in [0.5, 0.6) is 0 Å². The third-order valence-electron chi connectivity index (χ3n) is 3.14. The number of amides is 2. The fourth-order valence-corrected chi connectivity index (χ4v) is 2.16. The molecule has 21 heavy (non-hydrogen) atoms. The minimum absolute atomic E-state index is 0.0370. The standard InChI is InChI=1S/C15H22N2O3S/c1-11(21-2)7-8-16-15(20)17-10-13-6-4-3-5-12(13)9-14(18)19/h3-6,11H,7-10H2,1-2H3,(H,18,19)(H2,16,17,20). The van der Waals surface area contributed by atoms with E-state index in [0.29, 0.717) is 18.3 Å². The lowest BCUT2D eigenvalue weighted by molar-refractivity contribution is -0.136. The molecule has 1 aromatic rings. The Hall–Kier alpha value is -1.69. The lowest BCUT2D eigenvalue weighted by Gasteiger charge is -2.12. The lowest BCUT2D eigenvalue weighted by atomic mass is 10.0. The molecule has 2 amide bonds. The van der Waals surface area contributed by atoms with Crippen LogP contribution in [0.25, 0.3) is 0 Å². The molecule has 0 aromatic heterocycles. The minimum Gasteiger partial charge on any atom is -0.481 e. The van der Waals surface area contributed by atoms with Crippen molar-refractivity contribution in [2.45, 2.75) is 31.6 Å². The number of hydrogen-bond donors (Lipinski definition) is 3. The van der Waals surface area contributed by atoms with Crippen LogP contribution in [-0.4, -0.2) is 35.2 Å². The molecule has 1 aromatic carbocycles. The summed E-state index contributed by atoms with van der Waals surface area (Å²) in [6, 6.07) is 7.00. The number of benzene rings is 1. The van der Waals surface area contributed by atoms with Gasteiger partial charge in [0.25, 0.3) is 0 Å². The fourth-order valence-electron chi connectivity index (χ4n) is 1.81. The van der Waals surface area contributed by atoms with Gasteiger partial charge in [-0.3, -0.25) is 4.79 Å². The van der Waals surface area contributed by atoms with E-state index in [1.165, 1.54) is 0 Å². The summed E-state index contributed by atoms with van der Waals surface area (Å²) in [4.78, 5) is 22.5. The van der Waals surface area contributed by atoms with Crippen LogP contribution in [0.4, 0.5) is 4.79 Å². The molecule has 6 heteroatoms. The van der Waals surface area contributed by atoms with Crippen LogP contribution in [0.3, 0.4) is 0 Å². The maximum absolute atomic E-state index is 11.7. The Balaban J connectivity index is 2.41. The molecule has 1 atom stereocenters. The molecule has 0 aliphatic heterocycles. The first-order valence-corrected chi connectivity index (χ1v) is 8.14. The van der Waals surface area contributed by atoms with Crippen LogP contribution < -0.4 is 10.6 Å². The van der Waals surface area contributed by atoms with Crippen molar-refractivity contribution in [2.75, 3.05) is 12.8 Å². The van der Waals surface area contributed by atoms with Gasteiger partial charge in [0.15, 0.2) is 0 Å². The zero-order chi connectivity index (χ0) is 15.7. The topological polar surface area (TPSA) is 78.4 Å². The number of carboxylic acids is 1. The van der Waals surface area contributed by atoms with Gasteiger partial charge in [-0.25, -0.2) is 4.79 Å². The van der Waals surface area contributed by atoms with Gasteiger partial charge in [0, 0.05) is 18.3 Å². The van der Waals surface area contributed by atoms with Gasteiger partial charge < -0.3 is 15.7 Å². The molecule has 3 N–H and O–H groups in total. The Labute approximate surface area is 129 Å². The highest BCUT2D eigenvalue weighted by atomic mass is 32.2. The average Bonchev–Trinajstić information content (AvgIpc) is 2.45. The summed E-state index contributed by atoms with van der Waals surface area (Å²) in [7, 11) is 0. The van der Waals surface area contributed by atoms with E-state index < -0.39 is 5.97 Å². The monoisotopic (exact) mass is 310 g/mol. The average molecular weight is 310 g/mol. The molecule has 0 spiro atoms. The first kappa shape index (κ1) is 17.4. The van der Waals surface area contributed by atoms with E-state index in [-0.39, 0.29) is 12.5 Å². The number of hydrogen-bond acceptors (Lipinski definition) is 3. The van der Waals surface area contributed by atoms with Crippen LogP contribution in [0.1, 0.15) is 24.5 Å². The third kappa shape index (κ3) is 7.04. The van der Waals surface area contributed by atoms with Gasteiger partial charge in [-0.05, 0) is 23.8 Å². The second-order valence-corrected chi connectivity index (χ2v) is 6.06. The van der Waals surface area contributed by atoms with Gasteiger partial charge in [0.1, 0.15) is 0 Å². The van der Waals surface area contributed by atoms with Crippen molar-refractivity contribution in [1.82, 2.24) is 10.6 Å². The fraction of sp³-hybridized carbons (Fsp3) is 0.467. The van der Waals surface area contributed by atoms with Crippen molar-refractivity contribution < 1.29 is 14.7 Å². The number of nitrogens with one attached hydrogen (secondary N) is 2. The molecule has 0 fully saturated rings. The Morgan fingerprint density at radius 1 is 1.24 bits per heavy atom. The van der Waals surface area contributed by atoms with Crippen LogP contribution >= 0.6 is 11.8 Å².